The minimum Gasteiger partial charge on any atom is -0.363 e. The summed E-state index contributed by atoms with van der Waals surface area (Å²) in [5.74, 6) is 0. The molecule has 0 aliphatic rings. The van der Waals surface area contributed by atoms with E-state index in [0.717, 1.165) is 31.0 Å². The van der Waals surface area contributed by atoms with Gasteiger partial charge in [-0.15, -0.1) is 0 Å². The van der Waals surface area contributed by atoms with E-state index >= 15 is 0 Å². The number of rotatable bonds is 7. The van der Waals surface area contributed by atoms with E-state index in [1.165, 1.54) is 23.1 Å². The van der Waals surface area contributed by atoms with Gasteiger partial charge in [-0.1, -0.05) is 60.2 Å². The summed E-state index contributed by atoms with van der Waals surface area (Å²) < 4.78 is 0. The highest BCUT2D eigenvalue weighted by atomic mass is 32.1. The highest BCUT2D eigenvalue weighted by Gasteiger charge is 1.97. The summed E-state index contributed by atoms with van der Waals surface area (Å²) in [5, 5.41) is 7.25. The molecule has 2 nitrogen and oxygen atoms in total. The number of aryl methyl sites for hydroxylation is 2. The molecule has 2 aromatic carbocycles. The number of nitrogens with one attached hydrogen (secondary N) is 2. The average molecular weight is 312 g/mol. The Hall–Kier alpha value is -1.87. The maximum Gasteiger partial charge on any atom is 0.166 e. The Balaban J connectivity index is 1.55. The molecule has 0 aromatic heterocycles. The van der Waals surface area contributed by atoms with Crippen molar-refractivity contribution in [3.05, 3.63) is 71.3 Å². The van der Waals surface area contributed by atoms with E-state index < -0.39 is 0 Å². The zero-order valence-corrected chi connectivity index (χ0v) is 14.0. The van der Waals surface area contributed by atoms with Crippen LogP contribution in [0.15, 0.2) is 54.6 Å². The largest absolute Gasteiger partial charge is 0.363 e. The molecule has 0 heterocycles. The first kappa shape index (κ1) is 16.5. The molecule has 116 valence electrons. The molecule has 0 aliphatic carbocycles. The Morgan fingerprint density at radius 2 is 1.59 bits per heavy atom. The van der Waals surface area contributed by atoms with Gasteiger partial charge in [0.15, 0.2) is 5.11 Å². The van der Waals surface area contributed by atoms with Gasteiger partial charge < -0.3 is 10.6 Å². The molecule has 0 saturated carbocycles. The van der Waals surface area contributed by atoms with Gasteiger partial charge in [0, 0.05) is 13.1 Å². The van der Waals surface area contributed by atoms with Gasteiger partial charge in [0.25, 0.3) is 0 Å². The van der Waals surface area contributed by atoms with Crippen molar-refractivity contribution in [2.75, 3.05) is 6.54 Å². The van der Waals surface area contributed by atoms with Crippen LogP contribution in [-0.4, -0.2) is 11.7 Å². The molecule has 2 aromatic rings. The van der Waals surface area contributed by atoms with E-state index in [0.29, 0.717) is 0 Å². The van der Waals surface area contributed by atoms with Crippen molar-refractivity contribution < 1.29 is 0 Å². The van der Waals surface area contributed by atoms with Crippen molar-refractivity contribution >= 4 is 17.3 Å². The quantitative estimate of drug-likeness (QED) is 0.597. The van der Waals surface area contributed by atoms with Crippen LogP contribution in [0.1, 0.15) is 29.5 Å². The summed E-state index contributed by atoms with van der Waals surface area (Å²) in [4.78, 5) is 0. The lowest BCUT2D eigenvalue weighted by molar-refractivity contribution is 0.700. The number of hydrogen-bond donors (Lipinski definition) is 2. The van der Waals surface area contributed by atoms with Crippen molar-refractivity contribution in [1.82, 2.24) is 10.6 Å². The smallest absolute Gasteiger partial charge is 0.166 e. The highest BCUT2D eigenvalue weighted by Crippen LogP contribution is 2.04. The molecule has 0 fully saturated rings. The average Bonchev–Trinajstić information content (AvgIpc) is 2.55. The maximum atomic E-state index is 5.30. The van der Waals surface area contributed by atoms with Crippen molar-refractivity contribution in [1.29, 1.82) is 0 Å². The number of thiocarbonyl (C=S) groups is 1. The molecule has 0 amide bonds. The summed E-state index contributed by atoms with van der Waals surface area (Å²) in [7, 11) is 0. The molecule has 2 rings (SSSR count). The van der Waals surface area contributed by atoms with Crippen LogP contribution < -0.4 is 10.6 Å². The molecular formula is C19H24N2S. The van der Waals surface area contributed by atoms with Gasteiger partial charge in [0.05, 0.1) is 0 Å². The third-order valence-electron chi connectivity index (χ3n) is 3.59. The van der Waals surface area contributed by atoms with Crippen molar-refractivity contribution in [2.45, 2.75) is 32.7 Å². The molecule has 0 bridgehead atoms. The predicted octanol–water partition coefficient (Wildman–Crippen LogP) is 3.98. The SMILES string of the molecule is Cc1ccc(CNC(=S)NCCCCc2ccccc2)cc1. The summed E-state index contributed by atoms with van der Waals surface area (Å²) in [6, 6.07) is 19.1. The minimum absolute atomic E-state index is 0.736. The van der Waals surface area contributed by atoms with E-state index in [2.05, 4.69) is 72.2 Å². The second-order valence-electron chi connectivity index (χ2n) is 5.54. The van der Waals surface area contributed by atoms with Gasteiger partial charge in [0.2, 0.25) is 0 Å². The van der Waals surface area contributed by atoms with Gasteiger partial charge in [0.1, 0.15) is 0 Å². The van der Waals surface area contributed by atoms with Crippen molar-refractivity contribution in [2.24, 2.45) is 0 Å². The van der Waals surface area contributed by atoms with Crippen LogP contribution in [0.5, 0.6) is 0 Å². The predicted molar refractivity (Wildman–Crippen MR) is 98.0 cm³/mol. The molecule has 22 heavy (non-hydrogen) atoms. The second kappa shape index (κ2) is 9.21. The minimum atomic E-state index is 0.736. The lowest BCUT2D eigenvalue weighted by atomic mass is 10.1. The van der Waals surface area contributed by atoms with Crippen LogP contribution in [0, 0.1) is 6.92 Å². The lowest BCUT2D eigenvalue weighted by Gasteiger charge is -2.10. The van der Waals surface area contributed by atoms with Crippen LogP contribution in [0.25, 0.3) is 0 Å². The zero-order chi connectivity index (χ0) is 15.6. The lowest BCUT2D eigenvalue weighted by Crippen LogP contribution is -2.35. The Labute approximate surface area is 139 Å². The fourth-order valence-corrected chi connectivity index (χ4v) is 2.43. The molecule has 2 N–H and O–H groups in total. The standard InChI is InChI=1S/C19H24N2S/c1-16-10-12-18(13-11-16)15-21-19(22)20-14-6-5-9-17-7-3-2-4-8-17/h2-4,7-8,10-13H,5-6,9,14-15H2,1H3,(H2,20,21,22). The van der Waals surface area contributed by atoms with E-state index in [-0.39, 0.29) is 0 Å². The van der Waals surface area contributed by atoms with Crippen LogP contribution in [0.4, 0.5) is 0 Å². The fraction of sp³-hybridized carbons (Fsp3) is 0.316. The topological polar surface area (TPSA) is 24.1 Å². The molecule has 3 heteroatoms. The molecule has 0 atom stereocenters. The van der Waals surface area contributed by atoms with Crippen LogP contribution in [0.2, 0.25) is 0 Å². The van der Waals surface area contributed by atoms with Gasteiger partial charge in [-0.05, 0) is 49.5 Å². The molecule has 0 saturated heterocycles. The Bertz CT molecular complexity index is 564. The Morgan fingerprint density at radius 1 is 0.864 bits per heavy atom. The van der Waals surface area contributed by atoms with E-state index in [4.69, 9.17) is 12.2 Å². The summed E-state index contributed by atoms with van der Waals surface area (Å²) in [5.41, 5.74) is 3.93. The monoisotopic (exact) mass is 312 g/mol. The number of hydrogen-bond acceptors (Lipinski definition) is 1. The first-order valence-corrected chi connectivity index (χ1v) is 8.26. The normalized spacial score (nSPS) is 10.2. The maximum absolute atomic E-state index is 5.30. The zero-order valence-electron chi connectivity index (χ0n) is 13.1. The Morgan fingerprint density at radius 3 is 2.32 bits per heavy atom. The molecular weight excluding hydrogens is 288 g/mol. The highest BCUT2D eigenvalue weighted by molar-refractivity contribution is 7.80. The van der Waals surface area contributed by atoms with E-state index in [9.17, 15) is 0 Å². The van der Waals surface area contributed by atoms with E-state index in [1.807, 2.05) is 0 Å². The number of unbranched alkanes of at least 4 members (excludes halogenated alkanes) is 1. The summed E-state index contributed by atoms with van der Waals surface area (Å²) >= 11 is 5.30. The third kappa shape index (κ3) is 6.27. The van der Waals surface area contributed by atoms with Crippen LogP contribution >= 0.6 is 12.2 Å². The number of benzene rings is 2. The summed E-state index contributed by atoms with van der Waals surface area (Å²) in [6.07, 6.45) is 3.44. The summed E-state index contributed by atoms with van der Waals surface area (Å²) in [6.45, 7) is 3.79. The first-order chi connectivity index (χ1) is 10.7. The van der Waals surface area contributed by atoms with Crippen LogP contribution in [0.3, 0.4) is 0 Å². The second-order valence-corrected chi connectivity index (χ2v) is 5.95. The van der Waals surface area contributed by atoms with E-state index in [1.54, 1.807) is 0 Å². The van der Waals surface area contributed by atoms with Crippen molar-refractivity contribution in [3.8, 4) is 0 Å². The fourth-order valence-electron chi connectivity index (χ4n) is 2.25. The van der Waals surface area contributed by atoms with Crippen molar-refractivity contribution in [3.63, 3.8) is 0 Å². The van der Waals surface area contributed by atoms with Gasteiger partial charge >= 0.3 is 0 Å². The molecule has 0 unspecified atom stereocenters. The third-order valence-corrected chi connectivity index (χ3v) is 3.88. The Kier molecular flexibility index (Phi) is 6.91. The molecule has 0 radical (unpaired) electrons. The van der Waals surface area contributed by atoms with Gasteiger partial charge in [-0.2, -0.15) is 0 Å². The van der Waals surface area contributed by atoms with Gasteiger partial charge in [-0.3, -0.25) is 0 Å². The molecule has 0 spiro atoms. The van der Waals surface area contributed by atoms with Gasteiger partial charge in [-0.25, -0.2) is 0 Å². The van der Waals surface area contributed by atoms with Crippen LogP contribution in [-0.2, 0) is 13.0 Å². The first-order valence-electron chi connectivity index (χ1n) is 7.85. The molecule has 0 aliphatic heterocycles.